The fourth-order valence-electron chi connectivity index (χ4n) is 4.15. The van der Waals surface area contributed by atoms with Gasteiger partial charge in [-0.15, -0.1) is 36.2 Å². The van der Waals surface area contributed by atoms with Crippen molar-refractivity contribution in [2.24, 2.45) is 5.92 Å². The Kier molecular flexibility index (Phi) is 5.44. The van der Waals surface area contributed by atoms with Crippen LogP contribution < -0.4 is 10.9 Å². The topological polar surface area (TPSA) is 86.5 Å². The van der Waals surface area contributed by atoms with E-state index in [1.165, 1.54) is 37.0 Å². The Morgan fingerprint density at radius 3 is 2.58 bits per heavy atom. The van der Waals surface area contributed by atoms with E-state index in [1.807, 2.05) is 13.0 Å². The Labute approximate surface area is 167 Å². The van der Waals surface area contributed by atoms with Gasteiger partial charge in [-0.05, 0) is 44.6 Å². The van der Waals surface area contributed by atoms with Gasteiger partial charge in [-0.3, -0.25) is 9.89 Å². The number of aromatic nitrogens is 4. The Morgan fingerprint density at radius 2 is 1.96 bits per heavy atom. The lowest BCUT2D eigenvalue weighted by Crippen LogP contribution is -2.47. The van der Waals surface area contributed by atoms with E-state index in [0.717, 1.165) is 27.5 Å². The molecule has 5 heterocycles. The number of aromatic amines is 2. The van der Waals surface area contributed by atoms with E-state index >= 15 is 0 Å². The van der Waals surface area contributed by atoms with Gasteiger partial charge in [-0.1, -0.05) is 0 Å². The molecule has 6 rings (SSSR count). The van der Waals surface area contributed by atoms with Crippen molar-refractivity contribution in [1.29, 1.82) is 0 Å². The fraction of sp³-hybridized carbons (Fsp3) is 0.471. The molecule has 0 spiro atoms. The Bertz CT molecular complexity index is 973. The summed E-state index contributed by atoms with van der Waals surface area (Å²) in [4.78, 5) is 21.4. The van der Waals surface area contributed by atoms with E-state index < -0.39 is 0 Å². The van der Waals surface area contributed by atoms with Crippen LogP contribution in [0.5, 0.6) is 0 Å². The van der Waals surface area contributed by atoms with Gasteiger partial charge in [-0.25, -0.2) is 4.98 Å². The van der Waals surface area contributed by atoms with Crippen LogP contribution >= 0.6 is 36.2 Å². The third-order valence-corrected chi connectivity index (χ3v) is 6.61. The van der Waals surface area contributed by atoms with Crippen LogP contribution in [0.15, 0.2) is 17.1 Å². The summed E-state index contributed by atoms with van der Waals surface area (Å²) in [6, 6.07) is 2.78. The molecular weight excluding hydrogens is 393 g/mol. The van der Waals surface area contributed by atoms with Gasteiger partial charge in [0.25, 0.3) is 5.56 Å². The summed E-state index contributed by atoms with van der Waals surface area (Å²) in [5, 5.41) is 10.7. The molecule has 6 nitrogen and oxygen atoms in total. The van der Waals surface area contributed by atoms with E-state index in [1.54, 1.807) is 6.20 Å². The number of halogens is 2. The van der Waals surface area contributed by atoms with Crippen molar-refractivity contribution in [3.8, 4) is 10.4 Å². The molecule has 3 fully saturated rings. The van der Waals surface area contributed by atoms with Gasteiger partial charge < -0.3 is 10.3 Å². The number of H-pyrrole nitrogens is 2. The molecule has 9 heteroatoms. The van der Waals surface area contributed by atoms with Crippen molar-refractivity contribution in [3.05, 3.63) is 34.1 Å². The maximum atomic E-state index is 12.6. The predicted molar refractivity (Wildman–Crippen MR) is 109 cm³/mol. The highest BCUT2D eigenvalue weighted by molar-refractivity contribution is 7.22. The summed E-state index contributed by atoms with van der Waals surface area (Å²) in [6.45, 7) is 1.98. The molecular formula is C17H21Cl2N5OS. The second kappa shape index (κ2) is 7.31. The van der Waals surface area contributed by atoms with Gasteiger partial charge >= 0.3 is 0 Å². The van der Waals surface area contributed by atoms with Crippen molar-refractivity contribution in [1.82, 2.24) is 25.5 Å². The highest BCUT2D eigenvalue weighted by atomic mass is 35.5. The quantitative estimate of drug-likeness (QED) is 0.597. The third kappa shape index (κ3) is 3.07. The average molecular weight is 414 g/mol. The first-order valence-corrected chi connectivity index (χ1v) is 9.31. The molecule has 0 aromatic carbocycles. The van der Waals surface area contributed by atoms with Crippen molar-refractivity contribution in [2.75, 3.05) is 0 Å². The van der Waals surface area contributed by atoms with Crippen LogP contribution in [0.25, 0.3) is 20.7 Å². The molecule has 3 aliphatic rings. The number of hydrogen-bond donors (Lipinski definition) is 3. The van der Waals surface area contributed by atoms with Crippen LogP contribution in [0.4, 0.5) is 0 Å². The first-order chi connectivity index (χ1) is 11.7. The predicted octanol–water partition coefficient (Wildman–Crippen LogP) is 3.73. The molecule has 26 heavy (non-hydrogen) atoms. The minimum atomic E-state index is -0.0318. The lowest BCUT2D eigenvalue weighted by molar-refractivity contribution is 0.144. The first kappa shape index (κ1) is 19.4. The van der Waals surface area contributed by atoms with E-state index in [0.29, 0.717) is 16.7 Å². The van der Waals surface area contributed by atoms with Gasteiger partial charge in [-0.2, -0.15) is 5.10 Å². The standard InChI is InChI=1S/C17H19N5OS.2ClH/c1-8-11(7-18-22-8)13-6-12-15(24-13)17(23)21-16(20-12)14-9-2-4-10(19-14)5-3-9;;/h6-7,9-10,14,19H,2-5H2,1H3,(H,18,22)(H,20,21,23);2*1H/t9?,10?,14-;;/m1../s1. The third-order valence-electron chi connectivity index (χ3n) is 5.45. The van der Waals surface area contributed by atoms with Crippen molar-refractivity contribution in [2.45, 2.75) is 44.7 Å². The number of piperidine rings is 2. The lowest BCUT2D eigenvalue weighted by atomic mass is 9.76. The number of fused-ring (bicyclic) bond motifs is 4. The molecule has 2 aliphatic heterocycles. The van der Waals surface area contributed by atoms with Crippen LogP contribution in [0, 0.1) is 12.8 Å². The van der Waals surface area contributed by atoms with Gasteiger partial charge in [0.05, 0.1) is 17.8 Å². The number of nitrogens with zero attached hydrogens (tertiary/aromatic N) is 2. The minimum absolute atomic E-state index is 0. The monoisotopic (exact) mass is 413 g/mol. The molecule has 3 aromatic rings. The molecule has 3 N–H and O–H groups in total. The minimum Gasteiger partial charge on any atom is -0.308 e. The maximum absolute atomic E-state index is 12.6. The molecule has 0 amide bonds. The largest absolute Gasteiger partial charge is 0.308 e. The normalized spacial score (nSPS) is 24.3. The summed E-state index contributed by atoms with van der Waals surface area (Å²) < 4.78 is 0.690. The van der Waals surface area contributed by atoms with Gasteiger partial charge in [0, 0.05) is 22.2 Å². The molecule has 140 valence electrons. The molecule has 2 saturated heterocycles. The highest BCUT2D eigenvalue weighted by Gasteiger charge is 2.37. The Balaban J connectivity index is 0.000000980. The lowest BCUT2D eigenvalue weighted by Gasteiger charge is -2.42. The molecule has 0 radical (unpaired) electrons. The van der Waals surface area contributed by atoms with E-state index in [-0.39, 0.29) is 36.4 Å². The first-order valence-electron chi connectivity index (χ1n) is 8.49. The molecule has 1 saturated carbocycles. The van der Waals surface area contributed by atoms with Crippen LogP contribution in [-0.2, 0) is 0 Å². The SMILES string of the molecule is Cc1[nH]ncc1-c1cc2nc([C@@H]3NC4CCC3CC4)[nH]c(=O)c2s1.Cl.Cl. The molecule has 0 unspecified atom stereocenters. The smallest absolute Gasteiger partial charge is 0.268 e. The Morgan fingerprint density at radius 1 is 1.19 bits per heavy atom. The summed E-state index contributed by atoms with van der Waals surface area (Å²) in [5.41, 5.74) is 2.80. The van der Waals surface area contributed by atoms with Crippen LogP contribution in [0.2, 0.25) is 0 Å². The number of nitrogens with one attached hydrogen (secondary N) is 3. The van der Waals surface area contributed by atoms with Crippen molar-refractivity contribution < 1.29 is 0 Å². The van der Waals surface area contributed by atoms with E-state index in [4.69, 9.17) is 4.98 Å². The van der Waals surface area contributed by atoms with Gasteiger partial charge in [0.2, 0.25) is 0 Å². The molecule has 1 aliphatic carbocycles. The van der Waals surface area contributed by atoms with Crippen LogP contribution in [-0.4, -0.2) is 26.2 Å². The average Bonchev–Trinajstić information content (AvgIpc) is 3.21. The second-order valence-electron chi connectivity index (χ2n) is 6.94. The molecule has 2 bridgehead atoms. The zero-order valence-electron chi connectivity index (χ0n) is 14.2. The summed E-state index contributed by atoms with van der Waals surface area (Å²) in [7, 11) is 0. The fourth-order valence-corrected chi connectivity index (χ4v) is 5.21. The zero-order chi connectivity index (χ0) is 16.3. The number of aryl methyl sites for hydroxylation is 1. The summed E-state index contributed by atoms with van der Waals surface area (Å²) >= 11 is 1.48. The second-order valence-corrected chi connectivity index (χ2v) is 7.99. The molecule has 3 aromatic heterocycles. The summed E-state index contributed by atoms with van der Waals surface area (Å²) in [5.74, 6) is 1.39. The van der Waals surface area contributed by atoms with Crippen LogP contribution in [0.3, 0.4) is 0 Å². The van der Waals surface area contributed by atoms with Crippen molar-refractivity contribution >= 4 is 46.4 Å². The highest BCUT2D eigenvalue weighted by Crippen LogP contribution is 2.40. The number of thiophene rings is 1. The molecule has 1 atom stereocenters. The zero-order valence-corrected chi connectivity index (χ0v) is 16.7. The maximum Gasteiger partial charge on any atom is 0.268 e. The van der Waals surface area contributed by atoms with Gasteiger partial charge in [0.1, 0.15) is 10.5 Å². The van der Waals surface area contributed by atoms with Crippen LogP contribution in [0.1, 0.15) is 43.2 Å². The number of rotatable bonds is 2. The summed E-state index contributed by atoms with van der Waals surface area (Å²) in [6.07, 6.45) is 6.75. The van der Waals surface area contributed by atoms with E-state index in [9.17, 15) is 4.79 Å². The number of hydrogen-bond acceptors (Lipinski definition) is 5. The van der Waals surface area contributed by atoms with Crippen molar-refractivity contribution in [3.63, 3.8) is 0 Å². The Hall–Kier alpha value is -1.41. The van der Waals surface area contributed by atoms with E-state index in [2.05, 4.69) is 20.5 Å². The van der Waals surface area contributed by atoms with Gasteiger partial charge in [0.15, 0.2) is 0 Å².